The summed E-state index contributed by atoms with van der Waals surface area (Å²) in [7, 11) is 0. The molecular formula is C15H15Cl2N3O2. The second-order valence-electron chi connectivity index (χ2n) is 4.65. The van der Waals surface area contributed by atoms with Crippen LogP contribution in [-0.2, 0) is 13.0 Å². The van der Waals surface area contributed by atoms with Crippen molar-refractivity contribution in [1.82, 2.24) is 14.9 Å². The molecule has 5 nitrogen and oxygen atoms in total. The van der Waals surface area contributed by atoms with Gasteiger partial charge in [0.25, 0.3) is 11.5 Å². The SMILES string of the molecule is CCc1cc(=O)n(CCNC(=O)c2ccc(Cl)c(Cl)c2)cn1. The molecule has 2 rings (SSSR count). The number of rotatable bonds is 5. The smallest absolute Gasteiger partial charge is 0.253 e. The minimum Gasteiger partial charge on any atom is -0.350 e. The Balaban J connectivity index is 1.94. The molecule has 2 aromatic rings. The quantitative estimate of drug-likeness (QED) is 0.910. The van der Waals surface area contributed by atoms with E-state index in [1.54, 1.807) is 12.1 Å². The molecule has 0 saturated carbocycles. The average molecular weight is 340 g/mol. The van der Waals surface area contributed by atoms with Crippen molar-refractivity contribution in [3.8, 4) is 0 Å². The molecule has 7 heteroatoms. The van der Waals surface area contributed by atoms with Crippen molar-refractivity contribution < 1.29 is 4.79 Å². The summed E-state index contributed by atoms with van der Waals surface area (Å²) in [5, 5.41) is 3.44. The van der Waals surface area contributed by atoms with E-state index in [2.05, 4.69) is 10.3 Å². The molecule has 0 aliphatic carbocycles. The first kappa shape index (κ1) is 16.5. The van der Waals surface area contributed by atoms with Crippen LogP contribution in [-0.4, -0.2) is 22.0 Å². The molecule has 22 heavy (non-hydrogen) atoms. The van der Waals surface area contributed by atoms with Crippen molar-refractivity contribution in [3.63, 3.8) is 0 Å². The van der Waals surface area contributed by atoms with Crippen molar-refractivity contribution in [2.24, 2.45) is 0 Å². The van der Waals surface area contributed by atoms with E-state index in [1.165, 1.54) is 23.0 Å². The van der Waals surface area contributed by atoms with Gasteiger partial charge in [-0.05, 0) is 24.6 Å². The van der Waals surface area contributed by atoms with Gasteiger partial charge in [0.1, 0.15) is 0 Å². The lowest BCUT2D eigenvalue weighted by Gasteiger charge is -2.08. The van der Waals surface area contributed by atoms with Gasteiger partial charge in [0, 0.05) is 30.4 Å². The summed E-state index contributed by atoms with van der Waals surface area (Å²) in [6.45, 7) is 2.60. The van der Waals surface area contributed by atoms with Crippen molar-refractivity contribution in [2.75, 3.05) is 6.54 Å². The van der Waals surface area contributed by atoms with Gasteiger partial charge < -0.3 is 5.32 Å². The minimum atomic E-state index is -0.273. The lowest BCUT2D eigenvalue weighted by Crippen LogP contribution is -2.31. The molecule has 1 aromatic carbocycles. The van der Waals surface area contributed by atoms with Crippen molar-refractivity contribution in [2.45, 2.75) is 19.9 Å². The van der Waals surface area contributed by atoms with Gasteiger partial charge in [-0.25, -0.2) is 4.98 Å². The zero-order valence-electron chi connectivity index (χ0n) is 12.0. The van der Waals surface area contributed by atoms with Crippen LogP contribution in [0, 0.1) is 0 Å². The van der Waals surface area contributed by atoms with Gasteiger partial charge in [0.15, 0.2) is 0 Å². The van der Waals surface area contributed by atoms with E-state index < -0.39 is 0 Å². The van der Waals surface area contributed by atoms with Crippen LogP contribution in [0.3, 0.4) is 0 Å². The summed E-state index contributed by atoms with van der Waals surface area (Å²) < 4.78 is 1.45. The van der Waals surface area contributed by atoms with Gasteiger partial charge >= 0.3 is 0 Å². The van der Waals surface area contributed by atoms with Crippen LogP contribution in [0.4, 0.5) is 0 Å². The van der Waals surface area contributed by atoms with Gasteiger partial charge in [0.2, 0.25) is 0 Å². The molecule has 1 aromatic heterocycles. The van der Waals surface area contributed by atoms with E-state index in [0.717, 1.165) is 5.69 Å². The fourth-order valence-corrected chi connectivity index (χ4v) is 2.15. The number of halogens is 2. The molecular weight excluding hydrogens is 325 g/mol. The van der Waals surface area contributed by atoms with E-state index in [0.29, 0.717) is 35.1 Å². The highest BCUT2D eigenvalue weighted by atomic mass is 35.5. The van der Waals surface area contributed by atoms with E-state index >= 15 is 0 Å². The number of nitrogens with zero attached hydrogens (tertiary/aromatic N) is 2. The van der Waals surface area contributed by atoms with Gasteiger partial charge in [-0.1, -0.05) is 30.1 Å². The Morgan fingerprint density at radius 3 is 2.68 bits per heavy atom. The number of aromatic nitrogens is 2. The van der Waals surface area contributed by atoms with Gasteiger partial charge in [-0.15, -0.1) is 0 Å². The molecule has 0 saturated heterocycles. The largest absolute Gasteiger partial charge is 0.350 e. The highest BCUT2D eigenvalue weighted by Crippen LogP contribution is 2.22. The lowest BCUT2D eigenvalue weighted by atomic mass is 10.2. The molecule has 0 aliphatic heterocycles. The predicted molar refractivity (Wildman–Crippen MR) is 86.7 cm³/mol. The maximum atomic E-state index is 12.0. The highest BCUT2D eigenvalue weighted by molar-refractivity contribution is 6.42. The third-order valence-electron chi connectivity index (χ3n) is 3.12. The number of nitrogens with one attached hydrogen (secondary N) is 1. The molecule has 1 amide bonds. The minimum absolute atomic E-state index is 0.129. The van der Waals surface area contributed by atoms with E-state index in [-0.39, 0.29) is 11.5 Å². The van der Waals surface area contributed by atoms with Crippen molar-refractivity contribution in [1.29, 1.82) is 0 Å². The summed E-state index contributed by atoms with van der Waals surface area (Å²) in [6.07, 6.45) is 2.20. The van der Waals surface area contributed by atoms with E-state index in [1.807, 2.05) is 6.92 Å². The van der Waals surface area contributed by atoms with Crippen LogP contribution in [0.5, 0.6) is 0 Å². The highest BCUT2D eigenvalue weighted by Gasteiger charge is 2.07. The summed E-state index contributed by atoms with van der Waals surface area (Å²) in [5.41, 5.74) is 1.04. The van der Waals surface area contributed by atoms with Crippen molar-refractivity contribution >= 4 is 29.1 Å². The van der Waals surface area contributed by atoms with Gasteiger partial charge in [-0.2, -0.15) is 0 Å². The van der Waals surface area contributed by atoms with E-state index in [9.17, 15) is 9.59 Å². The molecule has 0 bridgehead atoms. The first-order chi connectivity index (χ1) is 10.5. The Morgan fingerprint density at radius 1 is 1.27 bits per heavy atom. The third-order valence-corrected chi connectivity index (χ3v) is 3.86. The maximum Gasteiger partial charge on any atom is 0.253 e. The Bertz CT molecular complexity index is 744. The van der Waals surface area contributed by atoms with Crippen molar-refractivity contribution in [3.05, 3.63) is 62.2 Å². The summed E-state index contributed by atoms with van der Waals surface area (Å²) in [6, 6.07) is 6.16. The standard InChI is InChI=1S/C15H15Cl2N3O2/c1-2-11-8-14(21)20(9-19-11)6-5-18-15(22)10-3-4-12(16)13(17)7-10/h3-4,7-9H,2,5-6H2,1H3,(H,18,22). The maximum absolute atomic E-state index is 12.0. The number of carbonyl (C=O) groups excluding carboxylic acids is 1. The number of benzene rings is 1. The number of aryl methyl sites for hydroxylation is 1. The number of carbonyl (C=O) groups is 1. The molecule has 0 fully saturated rings. The van der Waals surface area contributed by atoms with Crippen LogP contribution < -0.4 is 10.9 Å². The second kappa shape index (κ2) is 7.42. The number of hydrogen-bond acceptors (Lipinski definition) is 3. The van der Waals surface area contributed by atoms with Crippen LogP contribution in [0.1, 0.15) is 23.0 Å². The summed E-state index contributed by atoms with van der Waals surface area (Å²) in [5.74, 6) is -0.273. The Labute approximate surface area is 137 Å². The first-order valence-electron chi connectivity index (χ1n) is 6.80. The zero-order chi connectivity index (χ0) is 16.1. The summed E-state index contributed by atoms with van der Waals surface area (Å²) >= 11 is 11.7. The van der Waals surface area contributed by atoms with Crippen LogP contribution in [0.2, 0.25) is 10.0 Å². The molecule has 0 aliphatic rings. The third kappa shape index (κ3) is 4.08. The molecule has 0 unspecified atom stereocenters. The second-order valence-corrected chi connectivity index (χ2v) is 5.46. The fourth-order valence-electron chi connectivity index (χ4n) is 1.85. The average Bonchev–Trinajstić information content (AvgIpc) is 2.51. The topological polar surface area (TPSA) is 64.0 Å². The summed E-state index contributed by atoms with van der Waals surface area (Å²) in [4.78, 5) is 27.9. The number of amides is 1. The van der Waals surface area contributed by atoms with Gasteiger partial charge in [0.05, 0.1) is 16.4 Å². The molecule has 116 valence electrons. The predicted octanol–water partition coefficient (Wildman–Crippen LogP) is 2.54. The molecule has 0 radical (unpaired) electrons. The van der Waals surface area contributed by atoms with Gasteiger partial charge in [-0.3, -0.25) is 14.2 Å². The first-order valence-corrected chi connectivity index (χ1v) is 7.55. The molecule has 0 spiro atoms. The normalized spacial score (nSPS) is 10.5. The zero-order valence-corrected chi connectivity index (χ0v) is 13.5. The Kier molecular flexibility index (Phi) is 5.57. The van der Waals surface area contributed by atoms with E-state index in [4.69, 9.17) is 23.2 Å². The lowest BCUT2D eigenvalue weighted by molar-refractivity contribution is 0.0952. The van der Waals surface area contributed by atoms with Crippen LogP contribution >= 0.6 is 23.2 Å². The molecule has 0 atom stereocenters. The van der Waals surface area contributed by atoms with Crippen LogP contribution in [0.25, 0.3) is 0 Å². The van der Waals surface area contributed by atoms with Crippen LogP contribution in [0.15, 0.2) is 35.4 Å². The number of hydrogen-bond donors (Lipinski definition) is 1. The molecule has 1 N–H and O–H groups in total. The fraction of sp³-hybridized carbons (Fsp3) is 0.267. The molecule has 1 heterocycles. The Morgan fingerprint density at radius 2 is 2.05 bits per heavy atom. The monoisotopic (exact) mass is 339 g/mol. The Hall–Kier alpha value is -1.85.